The molecule has 636 valence electrons. The van der Waals surface area contributed by atoms with Crippen LogP contribution >= 0.6 is 0 Å². The number of nitrogens with zero attached hydrogens (tertiary/aromatic N) is 2. The second kappa shape index (κ2) is 45.9. The molecule has 5 aliphatic rings. The molecule has 6 heterocycles. The Balaban J connectivity index is 1.15. The summed E-state index contributed by atoms with van der Waals surface area (Å²) in [5, 5.41) is 12.9. The summed E-state index contributed by atoms with van der Waals surface area (Å²) in [6.07, 6.45) is 44.4. The number of carbonyl (C=O) groups excluding carboxylic acids is 2. The van der Waals surface area contributed by atoms with Crippen LogP contribution < -0.4 is 59.2 Å². The molecule has 0 radical (unpaired) electrons. The van der Waals surface area contributed by atoms with E-state index < -0.39 is 0 Å². The summed E-state index contributed by atoms with van der Waals surface area (Å²) in [7, 11) is 0. The molecule has 16 heteroatoms. The Morgan fingerprint density at radius 3 is 0.858 bits per heavy atom. The van der Waals surface area contributed by atoms with Gasteiger partial charge in [-0.25, -0.2) is 9.59 Å². The molecule has 4 amide bonds. The summed E-state index contributed by atoms with van der Waals surface area (Å²) in [6, 6.07) is 33.4. The highest BCUT2D eigenvalue weighted by Gasteiger charge is 2.42. The molecule has 0 spiro atoms. The Bertz CT molecular complexity index is 4360. The maximum Gasteiger partial charge on any atom is 0.319 e. The standard InChI is InChI=1S/C104H130N6O10/c1-7-13-19-25-31-37-57-107-103(111)109-77-43-39-41-75(63-77)93-99-89-67-90-80(46-34-28-22-16-10-4)86-66-88-82(48-36-30-24-18-12-6)92-68-91-81(47-35-29-23-17-11-5)87-65-85(79(89)45-33-27-21-15-9-3)95(113-69-117-99)83(51-49-73-53-59-105-60-54-73)97(87)115-71-119-101(91)94(76-42-40-44-78(64-76)110-104(112)108-58-38-32-26-20-14-8-2)102(92)120-72-116-98(88)84(96(86)114-70-118-100(90)93)52-50-74-55-61-106-62-56-74/h39-44,53-56,59-68,79-82H,7-38,45-48,57-58,69-72H2,1-6H3,(H2,107,109,111)(H2,108,110,112). The summed E-state index contributed by atoms with van der Waals surface area (Å²) in [6.45, 7) is 13.9. The fraction of sp³-hybridized carbons (Fsp3) is 0.500. The van der Waals surface area contributed by atoms with Crippen molar-refractivity contribution in [3.05, 3.63) is 189 Å². The molecule has 0 saturated carbocycles. The van der Waals surface area contributed by atoms with Gasteiger partial charge >= 0.3 is 12.1 Å². The number of pyridine rings is 2. The van der Waals surface area contributed by atoms with E-state index in [2.05, 4.69) is 145 Å². The minimum atomic E-state index is -0.372. The van der Waals surface area contributed by atoms with Crippen molar-refractivity contribution in [3.8, 4) is 91.9 Å². The topological polar surface area (TPSA) is 182 Å². The number of benzene rings is 6. The van der Waals surface area contributed by atoms with Gasteiger partial charge in [0.05, 0.1) is 11.1 Å². The van der Waals surface area contributed by atoms with Crippen LogP contribution in [0, 0.1) is 23.7 Å². The van der Waals surface area contributed by atoms with E-state index in [0.29, 0.717) is 81.6 Å². The normalized spacial score (nSPS) is 15.5. The third-order valence-corrected chi connectivity index (χ3v) is 24.6. The van der Waals surface area contributed by atoms with Crippen molar-refractivity contribution in [2.45, 2.75) is 296 Å². The number of nitrogens with one attached hydrogen (secondary N) is 4. The SMILES string of the molecule is CCCCCCCCNC(=O)Nc1cccc(-c2c3c4cc5c2OCOc2c(cc6c(c2C#Cc2ccncc2)OCOc2c(cc7c(c2-c2cccc(NC(=O)NCCCCCCCC)c2)OCOc2c(cc(c(c2C#Cc2ccncc2)OCO3)C4CCCCCCC)C7CCCCCCC)C6CCCCCCC)C5CCCCCCC)c1. The van der Waals surface area contributed by atoms with Gasteiger partial charge in [0, 0.05) is 129 Å². The van der Waals surface area contributed by atoms with Crippen LogP contribution in [0.5, 0.6) is 46.0 Å². The molecule has 13 rings (SSSR count). The number of hydrogen-bond acceptors (Lipinski definition) is 12. The first-order valence-electron chi connectivity index (χ1n) is 46.2. The third-order valence-electron chi connectivity index (χ3n) is 24.6. The number of unbranched alkanes of at least 4 members (excludes halogenated alkanes) is 26. The minimum Gasteiger partial charge on any atom is -0.456 e. The van der Waals surface area contributed by atoms with Crippen LogP contribution in [-0.4, -0.2) is 62.3 Å². The summed E-state index contributed by atoms with van der Waals surface area (Å²) in [5.41, 5.74) is 15.1. The van der Waals surface area contributed by atoms with E-state index in [1.54, 1.807) is 24.8 Å². The van der Waals surface area contributed by atoms with Crippen LogP contribution in [0.2, 0.25) is 0 Å². The molecule has 16 nitrogen and oxygen atoms in total. The lowest BCUT2D eigenvalue weighted by molar-refractivity contribution is 0.0989. The van der Waals surface area contributed by atoms with E-state index >= 15 is 0 Å². The van der Waals surface area contributed by atoms with Gasteiger partial charge in [0.15, 0.2) is 0 Å². The van der Waals surface area contributed by atoms with Crippen molar-refractivity contribution in [2.75, 3.05) is 50.9 Å². The minimum absolute atomic E-state index is 0.202. The van der Waals surface area contributed by atoms with Crippen molar-refractivity contribution in [2.24, 2.45) is 0 Å². The number of hydrogen-bond donors (Lipinski definition) is 4. The van der Waals surface area contributed by atoms with E-state index in [0.717, 1.165) is 271 Å². The predicted octanol–water partition coefficient (Wildman–Crippen LogP) is 26.8. The molecule has 4 unspecified atom stereocenters. The van der Waals surface area contributed by atoms with Crippen LogP contribution in [0.3, 0.4) is 0 Å². The van der Waals surface area contributed by atoms with Crippen LogP contribution in [0.4, 0.5) is 21.0 Å². The number of urea groups is 2. The Morgan fingerprint density at radius 2 is 0.567 bits per heavy atom. The quantitative estimate of drug-likeness (QED) is 0.0210. The maximum atomic E-state index is 14.2. The van der Waals surface area contributed by atoms with Crippen molar-refractivity contribution in [3.63, 3.8) is 0 Å². The highest BCUT2D eigenvalue weighted by Crippen LogP contribution is 2.61. The van der Waals surface area contributed by atoms with Gasteiger partial charge in [0.25, 0.3) is 0 Å². The van der Waals surface area contributed by atoms with Crippen molar-refractivity contribution in [1.29, 1.82) is 0 Å². The van der Waals surface area contributed by atoms with Crippen LogP contribution in [0.1, 0.15) is 363 Å². The number of ether oxygens (including phenoxy) is 8. The Morgan fingerprint density at radius 1 is 0.308 bits per heavy atom. The first-order chi connectivity index (χ1) is 59.2. The van der Waals surface area contributed by atoms with Crippen molar-refractivity contribution in [1.82, 2.24) is 20.6 Å². The van der Waals surface area contributed by atoms with Gasteiger partial charge in [-0.15, -0.1) is 0 Å². The molecular formula is C104H130N6O10. The fourth-order valence-corrected chi connectivity index (χ4v) is 18.3. The number of anilines is 2. The average molecular weight is 1620 g/mol. The zero-order chi connectivity index (χ0) is 83.0. The monoisotopic (exact) mass is 1620 g/mol. The third kappa shape index (κ3) is 22.4. The summed E-state index contributed by atoms with van der Waals surface area (Å²) in [5.74, 6) is 18.3. The molecule has 4 N–H and O–H groups in total. The fourth-order valence-electron chi connectivity index (χ4n) is 18.3. The molecule has 120 heavy (non-hydrogen) atoms. The van der Waals surface area contributed by atoms with E-state index in [4.69, 9.17) is 37.9 Å². The van der Waals surface area contributed by atoms with Crippen LogP contribution in [-0.2, 0) is 0 Å². The molecule has 4 aliphatic heterocycles. The number of amides is 4. The first kappa shape index (κ1) is 87.5. The highest BCUT2D eigenvalue weighted by atomic mass is 16.7. The number of carbonyl (C=O) groups is 2. The summed E-state index contributed by atoms with van der Waals surface area (Å²) < 4.78 is 59.8. The highest BCUT2D eigenvalue weighted by molar-refractivity contribution is 5.93. The average Bonchev–Trinajstić information content (AvgIpc) is 0.716. The lowest BCUT2D eigenvalue weighted by Gasteiger charge is -2.37. The van der Waals surface area contributed by atoms with E-state index in [1.807, 2.05) is 48.5 Å². The summed E-state index contributed by atoms with van der Waals surface area (Å²) >= 11 is 0. The van der Waals surface area contributed by atoms with Crippen molar-refractivity contribution >= 4 is 23.4 Å². The molecule has 8 bridgehead atoms. The van der Waals surface area contributed by atoms with Gasteiger partial charge < -0.3 is 59.2 Å². The van der Waals surface area contributed by atoms with Crippen LogP contribution in [0.15, 0.2) is 122 Å². The second-order valence-corrected chi connectivity index (χ2v) is 33.4. The molecule has 8 aromatic rings. The van der Waals surface area contributed by atoms with Gasteiger partial charge in [0.1, 0.15) is 57.1 Å². The molecule has 6 aromatic carbocycles. The van der Waals surface area contributed by atoms with E-state index in [9.17, 15) is 9.59 Å². The smallest absolute Gasteiger partial charge is 0.319 e. The molecular weight excluding hydrogens is 1490 g/mol. The molecule has 1 aliphatic carbocycles. The summed E-state index contributed by atoms with van der Waals surface area (Å²) in [4.78, 5) is 37.2. The van der Waals surface area contributed by atoms with Gasteiger partial charge in [-0.2, -0.15) is 0 Å². The lowest BCUT2D eigenvalue weighted by atomic mass is 9.73. The first-order valence-corrected chi connectivity index (χ1v) is 46.2. The van der Waals surface area contributed by atoms with Crippen molar-refractivity contribution < 1.29 is 47.5 Å². The zero-order valence-corrected chi connectivity index (χ0v) is 72.5. The number of rotatable bonds is 42. The van der Waals surface area contributed by atoms with Gasteiger partial charge in [-0.1, -0.05) is 282 Å². The lowest BCUT2D eigenvalue weighted by Crippen LogP contribution is -2.29. The largest absolute Gasteiger partial charge is 0.456 e. The maximum absolute atomic E-state index is 14.2. The van der Waals surface area contributed by atoms with Crippen LogP contribution in [0.25, 0.3) is 22.3 Å². The number of aromatic nitrogens is 2. The zero-order valence-electron chi connectivity index (χ0n) is 72.5. The van der Waals surface area contributed by atoms with Gasteiger partial charge in [-0.3, -0.25) is 9.97 Å². The molecule has 2 aromatic heterocycles. The second-order valence-electron chi connectivity index (χ2n) is 33.4. The predicted molar refractivity (Wildman–Crippen MR) is 483 cm³/mol. The molecule has 4 atom stereocenters. The Labute approximate surface area is 715 Å². The Kier molecular flexibility index (Phi) is 33.5. The molecule has 0 saturated heterocycles. The van der Waals surface area contributed by atoms with Gasteiger partial charge in [0.2, 0.25) is 27.2 Å². The Hall–Kier alpha value is -10.3. The molecule has 0 fully saturated rings. The van der Waals surface area contributed by atoms with E-state index in [1.165, 1.54) is 38.5 Å². The van der Waals surface area contributed by atoms with Gasteiger partial charge in [-0.05, 0) is 122 Å². The van der Waals surface area contributed by atoms with E-state index in [-0.39, 0.29) is 62.9 Å².